The third kappa shape index (κ3) is 13.5. The second kappa shape index (κ2) is 14.5. The summed E-state index contributed by atoms with van der Waals surface area (Å²) in [5.41, 5.74) is 0. The van der Waals surface area contributed by atoms with E-state index < -0.39 is 0 Å². The minimum absolute atomic E-state index is 0.895. The molecule has 96 valence electrons. The van der Waals surface area contributed by atoms with Gasteiger partial charge >= 0.3 is 0 Å². The van der Waals surface area contributed by atoms with E-state index in [4.69, 9.17) is 4.74 Å². The molecule has 0 aliphatic rings. The van der Waals surface area contributed by atoms with E-state index in [1.54, 1.807) is 0 Å². The first-order valence-corrected chi connectivity index (χ1v) is 7.18. The van der Waals surface area contributed by atoms with Gasteiger partial charge in [0, 0.05) is 0 Å². The molecule has 0 saturated heterocycles. The predicted octanol–water partition coefficient (Wildman–Crippen LogP) is 5.46. The van der Waals surface area contributed by atoms with Crippen molar-refractivity contribution in [2.24, 2.45) is 0 Å². The van der Waals surface area contributed by atoms with Crippen LogP contribution < -0.4 is 0 Å². The molecular weight excluding hydrogens is 196 g/mol. The summed E-state index contributed by atoms with van der Waals surface area (Å²) in [5, 5.41) is 0. The van der Waals surface area contributed by atoms with Crippen LogP contribution in [-0.4, -0.2) is 6.61 Å². The summed E-state index contributed by atoms with van der Waals surface area (Å²) in [7, 11) is 0. The molecule has 0 atom stereocenters. The molecule has 0 spiro atoms. The normalized spacial score (nSPS) is 11.1. The van der Waals surface area contributed by atoms with Crippen LogP contribution in [0, 0.1) is 0 Å². The maximum atomic E-state index is 5.43. The van der Waals surface area contributed by atoms with Gasteiger partial charge in [-0.05, 0) is 25.3 Å². The highest BCUT2D eigenvalue weighted by molar-refractivity contribution is 4.73. The van der Waals surface area contributed by atoms with Crippen LogP contribution in [0.5, 0.6) is 0 Å². The van der Waals surface area contributed by atoms with Crippen LogP contribution in [0.3, 0.4) is 0 Å². The Kier molecular flexibility index (Phi) is 14.1. The lowest BCUT2D eigenvalue weighted by Gasteiger charge is -2.00. The number of hydrogen-bond donors (Lipinski definition) is 0. The Bertz CT molecular complexity index is 124. The standard InChI is InChI=1S/C15H30O/c1-3-5-7-9-10-11-13-15-16-14-12-8-6-4-2/h13,15H,3-12,14H2,1-2H3. The van der Waals surface area contributed by atoms with Crippen molar-refractivity contribution in [1.82, 2.24) is 0 Å². The van der Waals surface area contributed by atoms with Gasteiger partial charge in [-0.3, -0.25) is 0 Å². The van der Waals surface area contributed by atoms with Gasteiger partial charge in [0.1, 0.15) is 0 Å². The molecule has 0 fully saturated rings. The SMILES string of the molecule is CCCCCCCC=COCCCCCC. The molecule has 0 unspecified atom stereocenters. The van der Waals surface area contributed by atoms with Gasteiger partial charge in [-0.2, -0.15) is 0 Å². The third-order valence-electron chi connectivity index (χ3n) is 2.78. The summed E-state index contributed by atoms with van der Waals surface area (Å²) in [6.07, 6.45) is 17.2. The molecule has 0 radical (unpaired) electrons. The summed E-state index contributed by atoms with van der Waals surface area (Å²) in [6.45, 7) is 5.39. The maximum absolute atomic E-state index is 5.43. The Morgan fingerprint density at radius 3 is 2.06 bits per heavy atom. The van der Waals surface area contributed by atoms with Crippen molar-refractivity contribution in [3.05, 3.63) is 12.3 Å². The Labute approximate surface area is 102 Å². The van der Waals surface area contributed by atoms with Crippen molar-refractivity contribution in [2.75, 3.05) is 6.61 Å². The van der Waals surface area contributed by atoms with Gasteiger partial charge < -0.3 is 4.74 Å². The third-order valence-corrected chi connectivity index (χ3v) is 2.78. The Hall–Kier alpha value is -0.460. The van der Waals surface area contributed by atoms with E-state index in [9.17, 15) is 0 Å². The lowest BCUT2D eigenvalue weighted by Crippen LogP contribution is -1.87. The number of unbranched alkanes of at least 4 members (excludes halogenated alkanes) is 8. The summed E-state index contributed by atoms with van der Waals surface area (Å²) < 4.78 is 5.43. The van der Waals surface area contributed by atoms with E-state index in [-0.39, 0.29) is 0 Å². The van der Waals surface area contributed by atoms with Crippen LogP contribution in [-0.2, 0) is 4.74 Å². The molecule has 0 aromatic carbocycles. The lowest BCUT2D eigenvalue weighted by molar-refractivity contribution is 0.239. The molecule has 0 amide bonds. The monoisotopic (exact) mass is 226 g/mol. The fourth-order valence-electron chi connectivity index (χ4n) is 1.68. The summed E-state index contributed by atoms with van der Waals surface area (Å²) in [6, 6.07) is 0. The summed E-state index contributed by atoms with van der Waals surface area (Å²) >= 11 is 0. The number of rotatable bonds is 12. The van der Waals surface area contributed by atoms with Crippen molar-refractivity contribution in [1.29, 1.82) is 0 Å². The van der Waals surface area contributed by atoms with E-state index in [1.165, 1.54) is 64.2 Å². The highest BCUT2D eigenvalue weighted by Crippen LogP contribution is 2.05. The topological polar surface area (TPSA) is 9.23 Å². The smallest absolute Gasteiger partial charge is 0.0873 e. The summed E-state index contributed by atoms with van der Waals surface area (Å²) in [4.78, 5) is 0. The van der Waals surface area contributed by atoms with Gasteiger partial charge in [0.15, 0.2) is 0 Å². The predicted molar refractivity (Wildman–Crippen MR) is 72.6 cm³/mol. The Morgan fingerprint density at radius 1 is 0.750 bits per heavy atom. The molecule has 0 heterocycles. The second-order valence-corrected chi connectivity index (χ2v) is 4.51. The van der Waals surface area contributed by atoms with Crippen LogP contribution in [0.25, 0.3) is 0 Å². The average molecular weight is 226 g/mol. The van der Waals surface area contributed by atoms with Crippen molar-refractivity contribution in [3.63, 3.8) is 0 Å². The largest absolute Gasteiger partial charge is 0.502 e. The van der Waals surface area contributed by atoms with Gasteiger partial charge in [0.05, 0.1) is 12.9 Å². The van der Waals surface area contributed by atoms with Crippen LogP contribution in [0.4, 0.5) is 0 Å². The quantitative estimate of drug-likeness (QED) is 0.317. The zero-order valence-electron chi connectivity index (χ0n) is 11.3. The fourth-order valence-corrected chi connectivity index (χ4v) is 1.68. The van der Waals surface area contributed by atoms with E-state index >= 15 is 0 Å². The van der Waals surface area contributed by atoms with Gasteiger partial charge in [0.25, 0.3) is 0 Å². The van der Waals surface area contributed by atoms with E-state index in [0.717, 1.165) is 6.61 Å². The first kappa shape index (κ1) is 15.5. The molecule has 0 aromatic rings. The van der Waals surface area contributed by atoms with Crippen LogP contribution in [0.1, 0.15) is 78.1 Å². The number of ether oxygens (including phenoxy) is 1. The average Bonchev–Trinajstić information content (AvgIpc) is 2.31. The van der Waals surface area contributed by atoms with Crippen molar-refractivity contribution in [3.8, 4) is 0 Å². The van der Waals surface area contributed by atoms with E-state index in [1.807, 2.05) is 6.26 Å². The van der Waals surface area contributed by atoms with E-state index in [2.05, 4.69) is 19.9 Å². The lowest BCUT2D eigenvalue weighted by atomic mass is 10.1. The molecule has 0 aromatic heterocycles. The van der Waals surface area contributed by atoms with Crippen molar-refractivity contribution < 1.29 is 4.74 Å². The molecule has 1 nitrogen and oxygen atoms in total. The van der Waals surface area contributed by atoms with Gasteiger partial charge in [-0.15, -0.1) is 0 Å². The molecule has 0 N–H and O–H groups in total. The van der Waals surface area contributed by atoms with Gasteiger partial charge in [0.2, 0.25) is 0 Å². The zero-order valence-corrected chi connectivity index (χ0v) is 11.3. The molecule has 0 aliphatic heterocycles. The summed E-state index contributed by atoms with van der Waals surface area (Å²) in [5.74, 6) is 0. The van der Waals surface area contributed by atoms with Gasteiger partial charge in [-0.25, -0.2) is 0 Å². The molecule has 0 saturated carbocycles. The Morgan fingerprint density at radius 2 is 1.38 bits per heavy atom. The second-order valence-electron chi connectivity index (χ2n) is 4.51. The molecular formula is C15H30O. The van der Waals surface area contributed by atoms with E-state index in [0.29, 0.717) is 0 Å². The van der Waals surface area contributed by atoms with Crippen LogP contribution in [0.15, 0.2) is 12.3 Å². The molecule has 16 heavy (non-hydrogen) atoms. The molecule has 1 heteroatoms. The van der Waals surface area contributed by atoms with Crippen LogP contribution >= 0.6 is 0 Å². The first-order valence-electron chi connectivity index (χ1n) is 7.18. The van der Waals surface area contributed by atoms with Gasteiger partial charge in [-0.1, -0.05) is 58.8 Å². The zero-order chi connectivity index (χ0) is 11.9. The minimum Gasteiger partial charge on any atom is -0.502 e. The highest BCUT2D eigenvalue weighted by Gasteiger charge is 1.87. The van der Waals surface area contributed by atoms with Crippen LogP contribution in [0.2, 0.25) is 0 Å². The van der Waals surface area contributed by atoms with Crippen molar-refractivity contribution in [2.45, 2.75) is 78.1 Å². The molecule has 0 bridgehead atoms. The fraction of sp³-hybridized carbons (Fsp3) is 0.867. The molecule has 0 rings (SSSR count). The number of hydrogen-bond acceptors (Lipinski definition) is 1. The minimum atomic E-state index is 0.895. The first-order chi connectivity index (χ1) is 7.91. The number of allylic oxidation sites excluding steroid dienone is 1. The van der Waals surface area contributed by atoms with Crippen molar-refractivity contribution >= 4 is 0 Å². The maximum Gasteiger partial charge on any atom is 0.0873 e. The molecule has 0 aliphatic carbocycles. The highest BCUT2D eigenvalue weighted by atomic mass is 16.5. The Balaban J connectivity index is 2.98.